The van der Waals surface area contributed by atoms with Gasteiger partial charge in [-0.15, -0.1) is 0 Å². The molecule has 0 aliphatic heterocycles. The Morgan fingerprint density at radius 1 is 1.24 bits per heavy atom. The van der Waals surface area contributed by atoms with Crippen LogP contribution >= 0.6 is 0 Å². The third-order valence-corrected chi connectivity index (χ3v) is 3.58. The number of carbonyl (C=O) groups is 1. The van der Waals surface area contributed by atoms with E-state index in [9.17, 15) is 14.7 Å². The van der Waals surface area contributed by atoms with Gasteiger partial charge in [0.25, 0.3) is 0 Å². The average Bonchev–Trinajstić information content (AvgIpc) is 2.81. The quantitative estimate of drug-likeness (QED) is 0.733. The van der Waals surface area contributed by atoms with Crippen molar-refractivity contribution in [1.29, 1.82) is 0 Å². The summed E-state index contributed by atoms with van der Waals surface area (Å²) >= 11 is 0. The Morgan fingerprint density at radius 2 is 1.95 bits per heavy atom. The molecule has 21 heavy (non-hydrogen) atoms. The van der Waals surface area contributed by atoms with Crippen LogP contribution in [-0.2, 0) is 0 Å². The number of hydrogen-bond acceptors (Lipinski definition) is 3. The van der Waals surface area contributed by atoms with E-state index in [4.69, 9.17) is 4.42 Å². The zero-order valence-electron chi connectivity index (χ0n) is 12.0. The van der Waals surface area contributed by atoms with Crippen LogP contribution in [0, 0.1) is 6.92 Å². The van der Waals surface area contributed by atoms with E-state index in [-0.39, 0.29) is 11.7 Å². The molecule has 0 unspecified atom stereocenters. The smallest absolute Gasteiger partial charge is 0.352 e. The van der Waals surface area contributed by atoms with Crippen molar-refractivity contribution < 1.29 is 14.3 Å². The number of nitrogens with zero attached hydrogens (tertiary/aromatic N) is 1. The molecule has 0 radical (unpaired) electrons. The Morgan fingerprint density at radius 3 is 2.57 bits per heavy atom. The predicted molar refractivity (Wildman–Crippen MR) is 80.1 cm³/mol. The van der Waals surface area contributed by atoms with E-state index in [2.05, 4.69) is 0 Å². The Labute approximate surface area is 120 Å². The molecule has 1 aromatic carbocycles. The fourth-order valence-electron chi connectivity index (χ4n) is 2.73. The maximum atomic E-state index is 12.1. The Bertz CT molecular complexity index is 931. The molecular weight excluding hydrogens is 270 g/mol. The fraction of sp³-hybridized carbons (Fsp3) is 0.250. The molecule has 5 nitrogen and oxygen atoms in total. The number of carboxylic acids is 1. The van der Waals surface area contributed by atoms with E-state index in [1.165, 1.54) is 6.07 Å². The summed E-state index contributed by atoms with van der Waals surface area (Å²) in [6, 6.07) is 6.82. The second kappa shape index (κ2) is 4.48. The summed E-state index contributed by atoms with van der Waals surface area (Å²) in [6.45, 7) is 5.72. The van der Waals surface area contributed by atoms with Crippen LogP contribution in [0.2, 0.25) is 0 Å². The molecule has 0 saturated carbocycles. The van der Waals surface area contributed by atoms with Gasteiger partial charge in [0.2, 0.25) is 0 Å². The molecule has 0 spiro atoms. The van der Waals surface area contributed by atoms with Gasteiger partial charge >= 0.3 is 11.6 Å². The largest absolute Gasteiger partial charge is 0.477 e. The van der Waals surface area contributed by atoms with Crippen molar-refractivity contribution in [3.8, 4) is 0 Å². The summed E-state index contributed by atoms with van der Waals surface area (Å²) in [5, 5.41) is 10.4. The van der Waals surface area contributed by atoms with Crippen molar-refractivity contribution in [2.75, 3.05) is 0 Å². The van der Waals surface area contributed by atoms with Crippen molar-refractivity contribution in [3.63, 3.8) is 0 Å². The van der Waals surface area contributed by atoms with E-state index in [0.29, 0.717) is 16.5 Å². The molecule has 3 aromatic rings. The molecule has 0 saturated heterocycles. The lowest BCUT2D eigenvalue weighted by atomic mass is 10.1. The number of benzene rings is 1. The highest BCUT2D eigenvalue weighted by Gasteiger charge is 2.21. The lowest BCUT2D eigenvalue weighted by Crippen LogP contribution is -2.10. The van der Waals surface area contributed by atoms with Crippen LogP contribution in [0.25, 0.3) is 21.9 Å². The highest BCUT2D eigenvalue weighted by molar-refractivity contribution is 6.06. The molecule has 2 aromatic heterocycles. The third kappa shape index (κ3) is 1.93. The maximum Gasteiger partial charge on any atom is 0.352 e. The lowest BCUT2D eigenvalue weighted by Gasteiger charge is -2.13. The Kier molecular flexibility index (Phi) is 2.86. The van der Waals surface area contributed by atoms with Crippen LogP contribution in [0.15, 0.2) is 33.5 Å². The molecular formula is C16H15NO4. The molecule has 0 fully saturated rings. The summed E-state index contributed by atoms with van der Waals surface area (Å²) in [5.74, 6) is -1.06. The zero-order chi connectivity index (χ0) is 15.3. The second-order valence-corrected chi connectivity index (χ2v) is 5.45. The van der Waals surface area contributed by atoms with Gasteiger partial charge in [0.1, 0.15) is 11.3 Å². The first-order valence-electron chi connectivity index (χ1n) is 6.72. The maximum absolute atomic E-state index is 12.1. The van der Waals surface area contributed by atoms with Crippen LogP contribution in [0.5, 0.6) is 0 Å². The van der Waals surface area contributed by atoms with Gasteiger partial charge in [-0.25, -0.2) is 9.59 Å². The van der Waals surface area contributed by atoms with Crippen LogP contribution in [-0.4, -0.2) is 15.6 Å². The first-order chi connectivity index (χ1) is 9.90. The molecule has 0 aliphatic rings. The molecule has 0 amide bonds. The first-order valence-corrected chi connectivity index (χ1v) is 6.72. The number of rotatable bonds is 2. The SMILES string of the molecule is Cc1ccc2oc(=O)c3cc(C(=O)O)n(C(C)C)c3c2c1. The van der Waals surface area contributed by atoms with Gasteiger partial charge in [0.05, 0.1) is 10.9 Å². The minimum Gasteiger partial charge on any atom is -0.477 e. The van der Waals surface area contributed by atoms with Crippen LogP contribution in [0.3, 0.4) is 0 Å². The van der Waals surface area contributed by atoms with Gasteiger partial charge < -0.3 is 14.1 Å². The molecule has 0 aliphatic carbocycles. The molecule has 2 heterocycles. The summed E-state index contributed by atoms with van der Waals surface area (Å²) < 4.78 is 6.97. The summed E-state index contributed by atoms with van der Waals surface area (Å²) in [7, 11) is 0. The van der Waals surface area contributed by atoms with E-state index < -0.39 is 11.6 Å². The Balaban J connectivity index is 2.63. The van der Waals surface area contributed by atoms with Gasteiger partial charge in [-0.1, -0.05) is 11.6 Å². The van der Waals surface area contributed by atoms with Crippen LogP contribution < -0.4 is 5.63 Å². The molecule has 5 heteroatoms. The molecule has 1 N–H and O–H groups in total. The van der Waals surface area contributed by atoms with Crippen LogP contribution in [0.1, 0.15) is 35.9 Å². The van der Waals surface area contributed by atoms with Crippen LogP contribution in [0.4, 0.5) is 0 Å². The number of carboxylic acid groups (broad SMARTS) is 1. The normalized spacial score (nSPS) is 11.6. The van der Waals surface area contributed by atoms with Gasteiger partial charge in [-0.3, -0.25) is 0 Å². The van der Waals surface area contributed by atoms with Gasteiger partial charge in [-0.2, -0.15) is 0 Å². The van der Waals surface area contributed by atoms with Crippen molar-refractivity contribution in [3.05, 3.63) is 45.9 Å². The third-order valence-electron chi connectivity index (χ3n) is 3.58. The fourth-order valence-corrected chi connectivity index (χ4v) is 2.73. The minimum absolute atomic E-state index is 0.0842. The van der Waals surface area contributed by atoms with Crippen molar-refractivity contribution in [1.82, 2.24) is 4.57 Å². The van der Waals surface area contributed by atoms with E-state index >= 15 is 0 Å². The van der Waals surface area contributed by atoms with Crippen molar-refractivity contribution >= 4 is 27.8 Å². The first kappa shape index (κ1) is 13.4. The second-order valence-electron chi connectivity index (χ2n) is 5.45. The van der Waals surface area contributed by atoms with E-state index in [1.807, 2.05) is 32.9 Å². The molecule has 108 valence electrons. The highest BCUT2D eigenvalue weighted by Crippen LogP contribution is 2.29. The molecule has 0 atom stereocenters. The Hall–Kier alpha value is -2.56. The molecule has 3 rings (SSSR count). The predicted octanol–water partition coefficient (Wildman–Crippen LogP) is 3.34. The zero-order valence-corrected chi connectivity index (χ0v) is 12.0. The number of aromatic carboxylic acids is 1. The number of fused-ring (bicyclic) bond motifs is 3. The molecule has 0 bridgehead atoms. The van der Waals surface area contributed by atoms with Crippen molar-refractivity contribution in [2.24, 2.45) is 0 Å². The van der Waals surface area contributed by atoms with Gasteiger partial charge in [0, 0.05) is 11.4 Å². The minimum atomic E-state index is -1.06. The van der Waals surface area contributed by atoms with E-state index in [0.717, 1.165) is 10.9 Å². The number of aryl methyl sites for hydroxylation is 1. The highest BCUT2D eigenvalue weighted by atomic mass is 16.4. The van der Waals surface area contributed by atoms with Gasteiger partial charge in [-0.05, 0) is 39.0 Å². The lowest BCUT2D eigenvalue weighted by molar-refractivity contribution is 0.0684. The van der Waals surface area contributed by atoms with E-state index in [1.54, 1.807) is 10.6 Å². The summed E-state index contributed by atoms with van der Waals surface area (Å²) in [6.07, 6.45) is 0. The standard InChI is InChI=1S/C16H15NO4/c1-8(2)17-12(15(18)19)7-11-14(17)10-6-9(3)4-5-13(10)21-16(11)20/h4-8H,1-3H3,(H,18,19). The number of aromatic nitrogens is 1. The number of hydrogen-bond donors (Lipinski definition) is 1. The topological polar surface area (TPSA) is 72.4 Å². The van der Waals surface area contributed by atoms with Gasteiger partial charge in [0.15, 0.2) is 0 Å². The monoisotopic (exact) mass is 285 g/mol. The average molecular weight is 285 g/mol. The summed E-state index contributed by atoms with van der Waals surface area (Å²) in [4.78, 5) is 23.6. The summed E-state index contributed by atoms with van der Waals surface area (Å²) in [5.41, 5.74) is 1.70. The van der Waals surface area contributed by atoms with Crippen molar-refractivity contribution in [2.45, 2.75) is 26.8 Å².